The van der Waals surface area contributed by atoms with Gasteiger partial charge in [-0.2, -0.15) is 0 Å². The van der Waals surface area contributed by atoms with Crippen molar-refractivity contribution in [2.45, 2.75) is 54.8 Å². The smallest absolute Gasteiger partial charge is 1.00 e. The Morgan fingerprint density at radius 2 is 1.42 bits per heavy atom. The van der Waals surface area contributed by atoms with E-state index in [1.807, 2.05) is 0 Å². The predicted molar refractivity (Wildman–Crippen MR) is 76.6 cm³/mol. The third-order valence-electron chi connectivity index (χ3n) is 4.07. The van der Waals surface area contributed by atoms with Crippen LogP contribution in [0.25, 0.3) is 0 Å². The van der Waals surface area contributed by atoms with E-state index >= 15 is 0 Å². The van der Waals surface area contributed by atoms with Crippen molar-refractivity contribution in [3.05, 3.63) is 0 Å². The number of ether oxygens (including phenoxy) is 3. The average Bonchev–Trinajstić information content (AvgIpc) is 2.80. The fourth-order valence-electron chi connectivity index (χ4n) is 2.63. The zero-order chi connectivity index (χ0) is 17.4. The van der Waals surface area contributed by atoms with Gasteiger partial charge in [0, 0.05) is 0 Å². The molecular weight excluding hydrogens is 360 g/mol. The molecule has 0 aliphatic carbocycles. The Morgan fingerprint density at radius 1 is 0.833 bits per heavy atom. The Hall–Kier alpha value is 0.820. The van der Waals surface area contributed by atoms with Crippen molar-refractivity contribution < 1.29 is 57.9 Å². The molecule has 8 N–H and O–H groups in total. The number of rotatable bonds is 5. The minimum Gasteiger partial charge on any atom is -1.00 e. The van der Waals surface area contributed by atoms with Gasteiger partial charge in [0.2, 0.25) is 5.79 Å². The summed E-state index contributed by atoms with van der Waals surface area (Å²) in [6.07, 6.45) is -12.7. The molecule has 9 atom stereocenters. The van der Waals surface area contributed by atoms with Gasteiger partial charge >= 0.3 is 37.7 Å². The molecule has 0 aromatic heterocycles. The summed E-state index contributed by atoms with van der Waals surface area (Å²) in [5.74, 6) is -2.22. The van der Waals surface area contributed by atoms with E-state index in [9.17, 15) is 30.6 Å². The third kappa shape index (κ3) is 4.05. The van der Waals surface area contributed by atoms with Crippen LogP contribution in [-0.2, 0) is 14.2 Å². The largest absolute Gasteiger partial charge is 2.00 e. The zero-order valence-electron chi connectivity index (χ0n) is 14.7. The van der Waals surface area contributed by atoms with Crippen molar-refractivity contribution in [1.82, 2.24) is 0 Å². The SMILES string of the molecule is OC[C@H]1O[C@@](CO)(O[C@H]2O[C@H](CO)[C@@H](O)[C@H](O)[C@H]2O)[C@@H](O)[C@@H]1O.[Ca+2].[H-].[H-]. The van der Waals surface area contributed by atoms with Gasteiger partial charge in [-0.15, -0.1) is 0 Å². The van der Waals surface area contributed by atoms with E-state index in [4.69, 9.17) is 24.4 Å². The van der Waals surface area contributed by atoms with E-state index < -0.39 is 74.6 Å². The molecule has 11 nitrogen and oxygen atoms in total. The van der Waals surface area contributed by atoms with Crippen LogP contribution in [0.1, 0.15) is 2.85 Å². The molecule has 2 aliphatic rings. The van der Waals surface area contributed by atoms with Crippen LogP contribution in [0.5, 0.6) is 0 Å². The van der Waals surface area contributed by atoms with Crippen molar-refractivity contribution in [2.24, 2.45) is 0 Å². The molecule has 0 bridgehead atoms. The van der Waals surface area contributed by atoms with Crippen molar-refractivity contribution in [1.29, 1.82) is 0 Å². The summed E-state index contributed by atoms with van der Waals surface area (Å²) < 4.78 is 15.4. The molecule has 2 aliphatic heterocycles. The van der Waals surface area contributed by atoms with Crippen molar-refractivity contribution in [3.63, 3.8) is 0 Å². The van der Waals surface area contributed by atoms with Crippen LogP contribution < -0.4 is 0 Å². The topological polar surface area (TPSA) is 190 Å². The summed E-state index contributed by atoms with van der Waals surface area (Å²) in [5, 5.41) is 76.7. The summed E-state index contributed by atoms with van der Waals surface area (Å²) in [5.41, 5.74) is 0. The molecule has 0 amide bonds. The summed E-state index contributed by atoms with van der Waals surface area (Å²) in [4.78, 5) is 0. The van der Waals surface area contributed by atoms with E-state index in [-0.39, 0.29) is 40.6 Å². The van der Waals surface area contributed by atoms with E-state index in [1.54, 1.807) is 0 Å². The number of aliphatic hydroxyl groups excluding tert-OH is 8. The summed E-state index contributed by atoms with van der Waals surface area (Å²) in [6.45, 7) is -2.32. The second kappa shape index (κ2) is 9.15. The molecule has 2 fully saturated rings. The summed E-state index contributed by atoms with van der Waals surface area (Å²) >= 11 is 0. The van der Waals surface area contributed by atoms with E-state index in [0.717, 1.165) is 0 Å². The Labute approximate surface area is 170 Å². The molecule has 24 heavy (non-hydrogen) atoms. The van der Waals surface area contributed by atoms with Gasteiger partial charge in [-0.25, -0.2) is 0 Å². The molecular formula is C12H24CaO11. The van der Waals surface area contributed by atoms with Crippen molar-refractivity contribution in [3.8, 4) is 0 Å². The maximum absolute atomic E-state index is 10.00. The van der Waals surface area contributed by atoms with E-state index in [0.29, 0.717) is 0 Å². The standard InChI is InChI=1S/C12H22O11.Ca.2H/c13-1-4-6(16)8(18)9(19)11(21-4)23-12(3-15)10(20)7(17)5(2-14)22-12;;;/h4-11,13-20H,1-3H2;;;/q;+2;2*-1/t4-,5-,6-,7-,8+,9-,10+,11-,12+;;;/m1.../s1. The number of aliphatic hydroxyl groups is 8. The Balaban J connectivity index is 0. The molecule has 0 unspecified atom stereocenters. The molecule has 2 saturated heterocycles. The van der Waals surface area contributed by atoms with Gasteiger partial charge < -0.3 is 57.9 Å². The fourth-order valence-corrected chi connectivity index (χ4v) is 2.63. The minimum absolute atomic E-state index is 0. The number of hydrogen-bond donors (Lipinski definition) is 8. The second-order valence-electron chi connectivity index (χ2n) is 5.56. The first-order valence-electron chi connectivity index (χ1n) is 7.05. The Kier molecular flexibility index (Phi) is 8.71. The molecule has 2 heterocycles. The van der Waals surface area contributed by atoms with Crippen molar-refractivity contribution in [2.75, 3.05) is 19.8 Å². The molecule has 0 aromatic rings. The monoisotopic (exact) mass is 384 g/mol. The van der Waals surface area contributed by atoms with Crippen LogP contribution in [-0.4, -0.2) is 153 Å². The predicted octanol–water partition coefficient (Wildman–Crippen LogP) is -5.55. The average molecular weight is 384 g/mol. The second-order valence-corrected chi connectivity index (χ2v) is 5.56. The van der Waals surface area contributed by atoms with Crippen LogP contribution in [0.2, 0.25) is 0 Å². The van der Waals surface area contributed by atoms with Gasteiger partial charge in [0.25, 0.3) is 0 Å². The van der Waals surface area contributed by atoms with E-state index in [1.165, 1.54) is 0 Å². The van der Waals surface area contributed by atoms with Crippen LogP contribution in [0, 0.1) is 0 Å². The molecule has 0 saturated carbocycles. The van der Waals surface area contributed by atoms with Crippen LogP contribution in [0.15, 0.2) is 0 Å². The molecule has 2 rings (SSSR count). The van der Waals surface area contributed by atoms with Crippen LogP contribution in [0.3, 0.4) is 0 Å². The van der Waals surface area contributed by atoms with Gasteiger partial charge in [-0.05, 0) is 0 Å². The summed E-state index contributed by atoms with van der Waals surface area (Å²) in [7, 11) is 0. The van der Waals surface area contributed by atoms with Crippen LogP contribution in [0.4, 0.5) is 0 Å². The Morgan fingerprint density at radius 3 is 1.88 bits per heavy atom. The molecule has 0 aromatic carbocycles. The van der Waals surface area contributed by atoms with E-state index in [2.05, 4.69) is 0 Å². The minimum atomic E-state index is -2.22. The van der Waals surface area contributed by atoms with Gasteiger partial charge in [-0.3, -0.25) is 0 Å². The van der Waals surface area contributed by atoms with Gasteiger partial charge in [0.05, 0.1) is 13.2 Å². The van der Waals surface area contributed by atoms with Gasteiger partial charge in [-0.1, -0.05) is 0 Å². The molecule has 12 heteroatoms. The van der Waals surface area contributed by atoms with Gasteiger partial charge in [0.15, 0.2) is 6.29 Å². The first kappa shape index (κ1) is 22.9. The third-order valence-corrected chi connectivity index (χ3v) is 4.07. The molecule has 140 valence electrons. The summed E-state index contributed by atoms with van der Waals surface area (Å²) in [6, 6.07) is 0. The zero-order valence-corrected chi connectivity index (χ0v) is 15.0. The quantitative estimate of drug-likeness (QED) is 0.211. The Bertz CT molecular complexity index is 409. The first-order valence-corrected chi connectivity index (χ1v) is 7.05. The molecule has 0 spiro atoms. The first-order chi connectivity index (χ1) is 10.8. The normalized spacial score (nSPS) is 49.0. The number of hydrogen-bond acceptors (Lipinski definition) is 11. The maximum Gasteiger partial charge on any atom is 2.00 e. The maximum atomic E-state index is 10.00. The van der Waals surface area contributed by atoms with Gasteiger partial charge in [0.1, 0.15) is 49.3 Å². The van der Waals surface area contributed by atoms with Crippen molar-refractivity contribution >= 4 is 37.7 Å². The van der Waals surface area contributed by atoms with Crippen LogP contribution >= 0.6 is 0 Å². The molecule has 0 radical (unpaired) electrons. The fraction of sp³-hybridized carbons (Fsp3) is 1.00.